The molecular weight excluding hydrogens is 572 g/mol. The van der Waals surface area contributed by atoms with Crippen LogP contribution in [0.1, 0.15) is 54.7 Å². The molecule has 3 N–H and O–H groups in total. The van der Waals surface area contributed by atoms with E-state index in [0.29, 0.717) is 34.0 Å². The van der Waals surface area contributed by atoms with Gasteiger partial charge in [0.1, 0.15) is 12.4 Å². The van der Waals surface area contributed by atoms with Crippen LogP contribution in [-0.4, -0.2) is 24.6 Å². The Hall–Kier alpha value is -4.22. The Labute approximate surface area is 249 Å². The molecule has 3 aromatic rings. The van der Waals surface area contributed by atoms with E-state index in [1.807, 2.05) is 29.0 Å². The molecule has 1 aliphatic carbocycles. The van der Waals surface area contributed by atoms with E-state index in [-0.39, 0.29) is 5.91 Å². The van der Waals surface area contributed by atoms with Gasteiger partial charge < -0.3 is 15.2 Å². The predicted molar refractivity (Wildman–Crippen MR) is 166 cm³/mol. The van der Waals surface area contributed by atoms with Gasteiger partial charge >= 0.3 is 10.2 Å². The minimum Gasteiger partial charge on any atom is -0.493 e. The fraction of sp³-hybridized carbons (Fsp3) is 0.226. The first-order valence-corrected chi connectivity index (χ1v) is 16.0. The van der Waals surface area contributed by atoms with Crippen molar-refractivity contribution in [3.05, 3.63) is 106 Å². The minimum absolute atomic E-state index is 0.248. The molecule has 2 fully saturated rings. The molecule has 3 aliphatic rings. The molecule has 3 aromatic carbocycles. The Balaban J connectivity index is 1.04. The summed E-state index contributed by atoms with van der Waals surface area (Å²) in [6, 6.07) is 22.8. The van der Waals surface area contributed by atoms with E-state index in [4.69, 9.17) is 4.74 Å². The summed E-state index contributed by atoms with van der Waals surface area (Å²) in [5.74, 6) is 0.744. The molecule has 0 aromatic heterocycles. The highest BCUT2D eigenvalue weighted by atomic mass is 32.2. The van der Waals surface area contributed by atoms with Gasteiger partial charge in [-0.05, 0) is 89.7 Å². The number of amidine groups is 1. The molecule has 0 bridgehead atoms. The minimum atomic E-state index is -3.86. The number of thioether (sulfide) groups is 1. The van der Waals surface area contributed by atoms with Gasteiger partial charge in [0.25, 0.3) is 5.91 Å². The maximum atomic E-state index is 12.5. The first-order valence-electron chi connectivity index (χ1n) is 13.8. The Morgan fingerprint density at radius 2 is 1.69 bits per heavy atom. The summed E-state index contributed by atoms with van der Waals surface area (Å²) in [7, 11) is -3.86. The smallest absolute Gasteiger partial charge is 0.330 e. The summed E-state index contributed by atoms with van der Waals surface area (Å²) in [5, 5.41) is 12.6. The molecule has 1 saturated carbocycles. The number of aliphatic imine (C=N–C) groups is 1. The number of aliphatic hydroxyl groups is 1. The molecule has 2 heterocycles. The zero-order chi connectivity index (χ0) is 29.1. The molecule has 2 aliphatic heterocycles. The number of carbonyl (C=O) groups excluding carboxylic acids is 1. The van der Waals surface area contributed by atoms with Gasteiger partial charge in [-0.25, -0.2) is 14.0 Å². The fourth-order valence-corrected chi connectivity index (χ4v) is 7.07. The van der Waals surface area contributed by atoms with E-state index in [2.05, 4.69) is 34.6 Å². The molecule has 42 heavy (non-hydrogen) atoms. The second-order valence-corrected chi connectivity index (χ2v) is 12.9. The number of amides is 1. The summed E-state index contributed by atoms with van der Waals surface area (Å²) < 4.78 is 33.0. The van der Waals surface area contributed by atoms with Crippen molar-refractivity contribution in [3.63, 3.8) is 0 Å². The van der Waals surface area contributed by atoms with E-state index in [9.17, 15) is 18.3 Å². The van der Waals surface area contributed by atoms with Crippen molar-refractivity contribution in [1.29, 1.82) is 0 Å². The number of anilines is 1. The summed E-state index contributed by atoms with van der Waals surface area (Å²) in [4.78, 5) is 17.5. The Kier molecular flexibility index (Phi) is 7.94. The van der Waals surface area contributed by atoms with Crippen LogP contribution in [0.3, 0.4) is 0 Å². The molecule has 0 spiro atoms. The normalized spacial score (nSPS) is 20.4. The third kappa shape index (κ3) is 6.47. The van der Waals surface area contributed by atoms with Gasteiger partial charge in [-0.1, -0.05) is 55.7 Å². The SMILES string of the molecule is O=C1NC(=Nc2ccc(N3C=C(O)NS3(=O)=O)cc2)SC1=Cc1ccc(OCc2ccc(C3CCCCC3)cc2)cc1. The van der Waals surface area contributed by atoms with E-state index in [1.54, 1.807) is 30.3 Å². The second kappa shape index (κ2) is 11.9. The lowest BCUT2D eigenvalue weighted by Crippen LogP contribution is -2.29. The van der Waals surface area contributed by atoms with Crippen LogP contribution in [-0.2, 0) is 21.6 Å². The molecule has 0 atom stereocenters. The number of rotatable bonds is 7. The summed E-state index contributed by atoms with van der Waals surface area (Å²) in [6.45, 7) is 0.494. The van der Waals surface area contributed by atoms with Crippen molar-refractivity contribution >= 4 is 50.5 Å². The molecule has 11 heteroatoms. The Morgan fingerprint density at radius 3 is 2.36 bits per heavy atom. The van der Waals surface area contributed by atoms with Crippen LogP contribution in [0.25, 0.3) is 6.08 Å². The number of aliphatic hydroxyl groups excluding tert-OH is 1. The quantitative estimate of drug-likeness (QED) is 0.276. The van der Waals surface area contributed by atoms with Crippen molar-refractivity contribution in [2.45, 2.75) is 44.6 Å². The average Bonchev–Trinajstić information content (AvgIpc) is 3.48. The van der Waals surface area contributed by atoms with Crippen molar-refractivity contribution < 1.29 is 23.1 Å². The number of nitrogens with zero attached hydrogens (tertiary/aromatic N) is 2. The van der Waals surface area contributed by atoms with E-state index < -0.39 is 16.1 Å². The van der Waals surface area contributed by atoms with Gasteiger partial charge in [0.2, 0.25) is 5.88 Å². The third-order valence-corrected chi connectivity index (χ3v) is 9.57. The van der Waals surface area contributed by atoms with Crippen LogP contribution in [0.15, 0.2) is 94.8 Å². The van der Waals surface area contributed by atoms with Gasteiger partial charge in [-0.3, -0.25) is 4.79 Å². The highest BCUT2D eigenvalue weighted by molar-refractivity contribution is 8.18. The first-order chi connectivity index (χ1) is 20.3. The van der Waals surface area contributed by atoms with E-state index >= 15 is 0 Å². The lowest BCUT2D eigenvalue weighted by atomic mass is 9.84. The number of carbonyl (C=O) groups is 1. The standard InChI is InChI=1S/C31H30N4O5S2/c36-29-19-35(42(38,39)34-29)26-14-12-25(13-15-26)32-31-33-30(37)28(41-31)18-21-8-16-27(17-9-21)40-20-22-6-10-24(11-7-22)23-4-2-1-3-5-23/h6-19,23,34,36H,1-5,20H2,(H,32,33,37). The van der Waals surface area contributed by atoms with Crippen molar-refractivity contribution in [3.8, 4) is 5.75 Å². The van der Waals surface area contributed by atoms with Crippen LogP contribution in [0, 0.1) is 0 Å². The number of benzene rings is 3. The molecule has 0 unspecified atom stereocenters. The zero-order valence-electron chi connectivity index (χ0n) is 22.7. The van der Waals surface area contributed by atoms with Crippen LogP contribution in [0.2, 0.25) is 0 Å². The molecule has 216 valence electrons. The Bertz CT molecular complexity index is 1660. The van der Waals surface area contributed by atoms with Crippen molar-refractivity contribution in [1.82, 2.24) is 10.0 Å². The number of ether oxygens (including phenoxy) is 1. The maximum absolute atomic E-state index is 12.5. The van der Waals surface area contributed by atoms with Gasteiger partial charge in [0.15, 0.2) is 5.17 Å². The number of nitrogens with one attached hydrogen (secondary N) is 2. The van der Waals surface area contributed by atoms with E-state index in [1.165, 1.54) is 49.4 Å². The lowest BCUT2D eigenvalue weighted by Gasteiger charge is -2.22. The van der Waals surface area contributed by atoms with Gasteiger partial charge in [0.05, 0.1) is 22.5 Å². The second-order valence-electron chi connectivity index (χ2n) is 10.3. The van der Waals surface area contributed by atoms with Gasteiger partial charge in [-0.2, -0.15) is 8.42 Å². The van der Waals surface area contributed by atoms with Crippen LogP contribution < -0.4 is 19.1 Å². The molecular formula is C31H30N4O5S2. The highest BCUT2D eigenvalue weighted by Crippen LogP contribution is 2.33. The van der Waals surface area contributed by atoms with Gasteiger partial charge in [-0.15, -0.1) is 0 Å². The van der Waals surface area contributed by atoms with Gasteiger partial charge in [0, 0.05) is 0 Å². The monoisotopic (exact) mass is 602 g/mol. The summed E-state index contributed by atoms with van der Waals surface area (Å²) in [6.07, 6.45) is 9.47. The topological polar surface area (TPSA) is 120 Å². The lowest BCUT2D eigenvalue weighted by molar-refractivity contribution is -0.115. The van der Waals surface area contributed by atoms with Crippen molar-refractivity contribution in [2.75, 3.05) is 4.31 Å². The number of hydrogen-bond acceptors (Lipinski definition) is 7. The van der Waals surface area contributed by atoms with E-state index in [0.717, 1.165) is 27.4 Å². The van der Waals surface area contributed by atoms with Crippen molar-refractivity contribution in [2.24, 2.45) is 4.99 Å². The van der Waals surface area contributed by atoms with Crippen LogP contribution in [0.5, 0.6) is 5.75 Å². The molecule has 1 amide bonds. The molecule has 9 nitrogen and oxygen atoms in total. The highest BCUT2D eigenvalue weighted by Gasteiger charge is 2.29. The zero-order valence-corrected chi connectivity index (χ0v) is 24.3. The molecule has 6 rings (SSSR count). The predicted octanol–water partition coefficient (Wildman–Crippen LogP) is 6.22. The third-order valence-electron chi connectivity index (χ3n) is 7.36. The Morgan fingerprint density at radius 1 is 0.976 bits per heavy atom. The molecule has 0 radical (unpaired) electrons. The summed E-state index contributed by atoms with van der Waals surface area (Å²) in [5.41, 5.74) is 4.29. The maximum Gasteiger partial charge on any atom is 0.330 e. The molecule has 1 saturated heterocycles. The average molecular weight is 603 g/mol. The first kappa shape index (κ1) is 27.9. The van der Waals surface area contributed by atoms with Crippen LogP contribution in [0.4, 0.5) is 11.4 Å². The largest absolute Gasteiger partial charge is 0.493 e. The van der Waals surface area contributed by atoms with Crippen LogP contribution >= 0.6 is 11.8 Å². The summed E-state index contributed by atoms with van der Waals surface area (Å²) >= 11 is 1.22. The number of hydrogen-bond donors (Lipinski definition) is 3. The fourth-order valence-electron chi connectivity index (χ4n) is 5.17.